The molecule has 0 aromatic carbocycles. The molecule has 4 nitrogen and oxygen atoms in total. The van der Waals surface area contributed by atoms with Crippen LogP contribution in [0, 0.1) is 0 Å². The maximum Gasteiger partial charge on any atom is 0.230 e. The van der Waals surface area contributed by atoms with E-state index in [-0.39, 0.29) is 11.8 Å². The van der Waals surface area contributed by atoms with Crippen molar-refractivity contribution in [2.45, 2.75) is 219 Å². The van der Waals surface area contributed by atoms with Crippen LogP contribution in [0.2, 0.25) is 0 Å². The molecule has 6 heteroatoms. The van der Waals surface area contributed by atoms with Crippen molar-refractivity contribution < 1.29 is 9.59 Å². The molecular weight excluding hydrogens is 557 g/mol. The first-order valence-electron chi connectivity index (χ1n) is 18.6. The fraction of sp³-hybridized carbons (Fsp3) is 0.944. The van der Waals surface area contributed by atoms with Crippen molar-refractivity contribution in [3.05, 3.63) is 0 Å². The third-order valence-electron chi connectivity index (χ3n) is 8.37. The highest BCUT2D eigenvalue weighted by atomic mass is 33.1. The lowest BCUT2D eigenvalue weighted by Gasteiger charge is -2.06. The smallest absolute Gasteiger partial charge is 0.230 e. The third-order valence-corrected chi connectivity index (χ3v) is 9.82. The van der Waals surface area contributed by atoms with Gasteiger partial charge in [0.15, 0.2) is 0 Å². The van der Waals surface area contributed by atoms with E-state index in [0.717, 1.165) is 25.7 Å². The van der Waals surface area contributed by atoms with Gasteiger partial charge in [0, 0.05) is 34.8 Å². The molecule has 250 valence electrons. The van der Waals surface area contributed by atoms with E-state index in [0.29, 0.717) is 12.8 Å². The van der Waals surface area contributed by atoms with Gasteiger partial charge in [0.25, 0.3) is 0 Å². The normalized spacial score (nSPS) is 11.2. The summed E-state index contributed by atoms with van der Waals surface area (Å²) in [6.07, 6.45) is 41.2. The largest absolute Gasteiger partial charge is 0.290 e. The first-order chi connectivity index (χ1) is 20.7. The van der Waals surface area contributed by atoms with E-state index in [1.807, 2.05) is 0 Å². The van der Waals surface area contributed by atoms with Crippen LogP contribution in [-0.2, 0) is 9.59 Å². The molecule has 0 atom stereocenters. The number of carbonyl (C=O) groups excluding carboxylic acids is 2. The molecule has 2 N–H and O–H groups in total. The van der Waals surface area contributed by atoms with Crippen LogP contribution in [-0.4, -0.2) is 11.8 Å². The van der Waals surface area contributed by atoms with Gasteiger partial charge < -0.3 is 0 Å². The standard InChI is InChI=1S/C36H72N2O2S2/c1-3-5-7-9-11-13-15-17-19-21-23-25-27-29-31-33-35(39)37-41-42-38-36(40)34-32-30-28-26-24-22-20-18-16-14-12-10-8-6-4-2/h3-34H2,1-2H3,(H,37,39)(H,38,40). The molecule has 0 aromatic rings. The molecule has 0 bridgehead atoms. The molecule has 0 radical (unpaired) electrons. The van der Waals surface area contributed by atoms with Crippen molar-refractivity contribution in [2.24, 2.45) is 0 Å². The zero-order chi connectivity index (χ0) is 30.6. The van der Waals surface area contributed by atoms with Gasteiger partial charge in [-0.3, -0.25) is 19.0 Å². The molecule has 0 fully saturated rings. The predicted molar refractivity (Wildman–Crippen MR) is 191 cm³/mol. The molecule has 0 rings (SSSR count). The van der Waals surface area contributed by atoms with Crippen molar-refractivity contribution >= 4 is 33.8 Å². The van der Waals surface area contributed by atoms with E-state index >= 15 is 0 Å². The molecule has 0 aromatic heterocycles. The fourth-order valence-electron chi connectivity index (χ4n) is 5.55. The van der Waals surface area contributed by atoms with E-state index in [2.05, 4.69) is 23.3 Å². The molecule has 0 heterocycles. The Kier molecular flexibility index (Phi) is 36.5. The molecule has 0 unspecified atom stereocenters. The second-order valence-electron chi connectivity index (χ2n) is 12.6. The lowest BCUT2D eigenvalue weighted by molar-refractivity contribution is -0.120. The Hall–Kier alpha value is -0.360. The monoisotopic (exact) mass is 629 g/mol. The van der Waals surface area contributed by atoms with Gasteiger partial charge in [-0.1, -0.05) is 194 Å². The predicted octanol–water partition coefficient (Wildman–Crippen LogP) is 13.0. The van der Waals surface area contributed by atoms with Crippen LogP contribution < -0.4 is 9.44 Å². The summed E-state index contributed by atoms with van der Waals surface area (Å²) in [5.41, 5.74) is 0. The molecule has 0 spiro atoms. The summed E-state index contributed by atoms with van der Waals surface area (Å²) in [5.74, 6) is 0.137. The summed E-state index contributed by atoms with van der Waals surface area (Å²) in [6, 6.07) is 0. The molecule has 0 aliphatic carbocycles. The maximum absolute atomic E-state index is 12.0. The van der Waals surface area contributed by atoms with E-state index < -0.39 is 0 Å². The quantitative estimate of drug-likeness (QED) is 0.0416. The molecule has 0 saturated carbocycles. The van der Waals surface area contributed by atoms with Gasteiger partial charge in [-0.15, -0.1) is 0 Å². The van der Waals surface area contributed by atoms with Gasteiger partial charge in [0.05, 0.1) is 0 Å². The van der Waals surface area contributed by atoms with Crippen LogP contribution in [0.3, 0.4) is 0 Å². The van der Waals surface area contributed by atoms with Crippen LogP contribution >= 0.6 is 22.0 Å². The lowest BCUT2D eigenvalue weighted by Crippen LogP contribution is -2.18. The van der Waals surface area contributed by atoms with Crippen molar-refractivity contribution in [3.8, 4) is 0 Å². The van der Waals surface area contributed by atoms with E-state index in [1.165, 1.54) is 189 Å². The van der Waals surface area contributed by atoms with Gasteiger partial charge >= 0.3 is 0 Å². The Bertz CT molecular complexity index is 515. The van der Waals surface area contributed by atoms with E-state index in [1.54, 1.807) is 0 Å². The second kappa shape index (κ2) is 36.8. The van der Waals surface area contributed by atoms with Crippen molar-refractivity contribution in [1.29, 1.82) is 0 Å². The summed E-state index contributed by atoms with van der Waals surface area (Å²) < 4.78 is 5.67. The molecule has 0 saturated heterocycles. The highest BCUT2D eigenvalue weighted by Crippen LogP contribution is 2.17. The number of unbranched alkanes of at least 4 members (excludes halogenated alkanes) is 28. The molecular formula is C36H72N2O2S2. The third kappa shape index (κ3) is 35.8. The van der Waals surface area contributed by atoms with E-state index in [9.17, 15) is 9.59 Å². The summed E-state index contributed by atoms with van der Waals surface area (Å²) in [7, 11) is 2.45. The van der Waals surface area contributed by atoms with Crippen molar-refractivity contribution in [2.75, 3.05) is 0 Å². The summed E-state index contributed by atoms with van der Waals surface area (Å²) in [6.45, 7) is 4.56. The van der Waals surface area contributed by atoms with Crippen molar-refractivity contribution in [1.82, 2.24) is 9.44 Å². The van der Waals surface area contributed by atoms with Crippen molar-refractivity contribution in [3.63, 3.8) is 0 Å². The highest BCUT2D eigenvalue weighted by molar-refractivity contribution is 8.75. The van der Waals surface area contributed by atoms with Crippen LogP contribution in [0.25, 0.3) is 0 Å². The number of hydrogen-bond donors (Lipinski definition) is 2. The number of carbonyl (C=O) groups is 2. The zero-order valence-electron chi connectivity index (χ0n) is 28.3. The number of hydrogen-bond acceptors (Lipinski definition) is 4. The zero-order valence-corrected chi connectivity index (χ0v) is 29.9. The van der Waals surface area contributed by atoms with Crippen LogP contribution in [0.4, 0.5) is 0 Å². The first-order valence-corrected chi connectivity index (χ1v) is 20.8. The topological polar surface area (TPSA) is 58.2 Å². The Morgan fingerprint density at radius 1 is 0.333 bits per heavy atom. The Balaban J connectivity index is 3.26. The average molecular weight is 629 g/mol. The second-order valence-corrected chi connectivity index (χ2v) is 14.4. The molecule has 0 aliphatic heterocycles. The van der Waals surface area contributed by atoms with Crippen LogP contribution in [0.1, 0.15) is 219 Å². The van der Waals surface area contributed by atoms with Gasteiger partial charge in [0.1, 0.15) is 0 Å². The lowest BCUT2D eigenvalue weighted by atomic mass is 10.0. The summed E-state index contributed by atoms with van der Waals surface area (Å²) in [5, 5.41) is 0. The minimum Gasteiger partial charge on any atom is -0.290 e. The molecule has 2 amide bonds. The Morgan fingerprint density at radius 3 is 0.738 bits per heavy atom. The van der Waals surface area contributed by atoms with Gasteiger partial charge in [-0.2, -0.15) is 0 Å². The molecule has 0 aliphatic rings. The number of amides is 2. The Labute approximate surface area is 271 Å². The van der Waals surface area contributed by atoms with E-state index in [4.69, 9.17) is 0 Å². The number of nitrogens with one attached hydrogen (secondary N) is 2. The highest BCUT2D eigenvalue weighted by Gasteiger charge is 2.05. The van der Waals surface area contributed by atoms with Gasteiger partial charge in [-0.25, -0.2) is 0 Å². The first kappa shape index (κ1) is 41.6. The van der Waals surface area contributed by atoms with Crippen LogP contribution in [0.5, 0.6) is 0 Å². The minimum atomic E-state index is 0.0684. The maximum atomic E-state index is 12.0. The van der Waals surface area contributed by atoms with Gasteiger partial charge in [-0.05, 0) is 12.8 Å². The average Bonchev–Trinajstić information content (AvgIpc) is 2.99. The Morgan fingerprint density at radius 2 is 0.524 bits per heavy atom. The van der Waals surface area contributed by atoms with Gasteiger partial charge in [0.2, 0.25) is 11.8 Å². The summed E-state index contributed by atoms with van der Waals surface area (Å²) in [4.78, 5) is 24.0. The minimum absolute atomic E-state index is 0.0684. The summed E-state index contributed by atoms with van der Waals surface area (Å²) >= 11 is 0. The van der Waals surface area contributed by atoms with Crippen LogP contribution in [0.15, 0.2) is 0 Å². The SMILES string of the molecule is CCCCCCCCCCCCCCCCCC(=O)NSSNC(=O)CCCCCCCCCCCCCCCCC. The fourth-order valence-corrected chi connectivity index (χ4v) is 6.83. The molecule has 42 heavy (non-hydrogen) atoms. The number of rotatable bonds is 35.